The zero-order chi connectivity index (χ0) is 18.8. The van der Waals surface area contributed by atoms with Crippen molar-refractivity contribution in [3.63, 3.8) is 0 Å². The Morgan fingerprint density at radius 2 is 1.92 bits per heavy atom. The third-order valence-corrected chi connectivity index (χ3v) is 4.75. The summed E-state index contributed by atoms with van der Waals surface area (Å²) in [5.74, 6) is 0.236. The number of aromatic nitrogens is 2. The summed E-state index contributed by atoms with van der Waals surface area (Å²) in [5.41, 5.74) is 3.64. The standard InChI is InChI=1S/C15H16N3O7P/c16-9-6-7-18(15(22)17-9)13-11(20)10(19)12(24-13)14(21)26(23)25-8-4-2-1-3-5-8/h1-7,10-13,19-20,23H,(H2,16,17,22)/t10-,11+,12-,13+,26?/m0/s1. The third-order valence-electron chi connectivity index (χ3n) is 3.73. The molecule has 0 radical (unpaired) electrons. The molecule has 1 aliphatic heterocycles. The van der Waals surface area contributed by atoms with Crippen molar-refractivity contribution in [1.29, 1.82) is 0 Å². The van der Waals surface area contributed by atoms with E-state index in [9.17, 15) is 24.7 Å². The molecular formula is C15H16N3O7P. The number of benzene rings is 1. The Labute approximate surface area is 148 Å². The van der Waals surface area contributed by atoms with Crippen LogP contribution in [0.25, 0.3) is 0 Å². The molecule has 0 saturated carbocycles. The van der Waals surface area contributed by atoms with Gasteiger partial charge in [0.1, 0.15) is 23.8 Å². The first-order valence-electron chi connectivity index (χ1n) is 7.50. The van der Waals surface area contributed by atoms with E-state index < -0.39 is 44.1 Å². The summed E-state index contributed by atoms with van der Waals surface area (Å²) in [6.45, 7) is 0. The van der Waals surface area contributed by atoms with Gasteiger partial charge in [0, 0.05) is 6.20 Å². The van der Waals surface area contributed by atoms with Gasteiger partial charge < -0.3 is 30.1 Å². The van der Waals surface area contributed by atoms with E-state index in [4.69, 9.17) is 15.0 Å². The van der Waals surface area contributed by atoms with Gasteiger partial charge in [0.25, 0.3) is 5.52 Å². The number of para-hydroxylation sites is 1. The molecule has 2 aromatic rings. The van der Waals surface area contributed by atoms with Crippen LogP contribution in [0.15, 0.2) is 47.4 Å². The molecule has 5 N–H and O–H groups in total. The van der Waals surface area contributed by atoms with Crippen molar-refractivity contribution in [2.45, 2.75) is 24.5 Å². The number of anilines is 1. The molecule has 0 amide bonds. The predicted octanol–water partition coefficient (Wildman–Crippen LogP) is -0.646. The maximum atomic E-state index is 12.4. The number of nitrogens with zero attached hydrogens (tertiary/aromatic N) is 2. The van der Waals surface area contributed by atoms with Gasteiger partial charge in [0.05, 0.1) is 0 Å². The van der Waals surface area contributed by atoms with Crippen LogP contribution in [0.5, 0.6) is 5.75 Å². The van der Waals surface area contributed by atoms with E-state index in [1.54, 1.807) is 30.3 Å². The normalized spacial score (nSPS) is 26.4. The number of carbonyl (C=O) groups excluding carboxylic acids is 1. The SMILES string of the molecule is Nc1ccn([C@@H]2O[C@H](C(=O)P(O)Oc3ccccc3)[C@@H](O)[C@H]2O)c(=O)n1. The Morgan fingerprint density at radius 3 is 2.58 bits per heavy atom. The molecule has 1 saturated heterocycles. The number of carbonyl (C=O) groups is 1. The van der Waals surface area contributed by atoms with Crippen LogP contribution < -0.4 is 15.9 Å². The minimum Gasteiger partial charge on any atom is -0.442 e. The fourth-order valence-corrected chi connectivity index (χ4v) is 3.29. The van der Waals surface area contributed by atoms with E-state index in [2.05, 4.69) is 4.98 Å². The molecule has 2 heterocycles. The molecule has 0 aliphatic carbocycles. The Hall–Kier alpha value is -2.36. The highest BCUT2D eigenvalue weighted by molar-refractivity contribution is 7.65. The molecule has 1 fully saturated rings. The second kappa shape index (κ2) is 7.48. The maximum absolute atomic E-state index is 12.4. The Kier molecular flexibility index (Phi) is 5.30. The number of hydrogen-bond acceptors (Lipinski definition) is 9. The van der Waals surface area contributed by atoms with Gasteiger partial charge in [-0.25, -0.2) is 4.79 Å². The molecular weight excluding hydrogens is 365 g/mol. The van der Waals surface area contributed by atoms with Gasteiger partial charge >= 0.3 is 14.1 Å². The Balaban J connectivity index is 1.76. The van der Waals surface area contributed by atoms with Crippen molar-refractivity contribution in [1.82, 2.24) is 9.55 Å². The van der Waals surface area contributed by atoms with Gasteiger partial charge in [-0.15, -0.1) is 0 Å². The van der Waals surface area contributed by atoms with E-state index in [1.165, 1.54) is 12.3 Å². The largest absolute Gasteiger partial charge is 0.442 e. The average Bonchev–Trinajstić information content (AvgIpc) is 2.91. The van der Waals surface area contributed by atoms with Crippen LogP contribution in [0.2, 0.25) is 0 Å². The molecule has 138 valence electrons. The molecule has 1 unspecified atom stereocenters. The number of hydrogen-bond donors (Lipinski definition) is 4. The highest BCUT2D eigenvalue weighted by Crippen LogP contribution is 2.40. The average molecular weight is 381 g/mol. The number of rotatable bonds is 5. The van der Waals surface area contributed by atoms with Crippen molar-refractivity contribution in [2.75, 3.05) is 5.73 Å². The van der Waals surface area contributed by atoms with E-state index in [0.717, 1.165) is 4.57 Å². The molecule has 5 atom stereocenters. The minimum absolute atomic E-state index is 0.0259. The van der Waals surface area contributed by atoms with Gasteiger partial charge in [-0.1, -0.05) is 18.2 Å². The monoisotopic (exact) mass is 381 g/mol. The first kappa shape index (κ1) is 18.4. The third kappa shape index (κ3) is 3.59. The zero-order valence-corrected chi connectivity index (χ0v) is 14.1. The highest BCUT2D eigenvalue weighted by atomic mass is 31.2. The molecule has 0 bridgehead atoms. The first-order chi connectivity index (χ1) is 12.4. The molecule has 26 heavy (non-hydrogen) atoms. The lowest BCUT2D eigenvalue weighted by Gasteiger charge is -2.17. The second-order valence-corrected chi connectivity index (χ2v) is 6.66. The van der Waals surface area contributed by atoms with E-state index in [0.29, 0.717) is 0 Å². The van der Waals surface area contributed by atoms with Crippen molar-refractivity contribution in [3.8, 4) is 5.75 Å². The van der Waals surface area contributed by atoms with Crippen molar-refractivity contribution in [2.24, 2.45) is 0 Å². The van der Waals surface area contributed by atoms with Crippen LogP contribution >= 0.6 is 8.38 Å². The van der Waals surface area contributed by atoms with E-state index >= 15 is 0 Å². The first-order valence-corrected chi connectivity index (χ1v) is 8.72. The Morgan fingerprint density at radius 1 is 1.23 bits per heavy atom. The summed E-state index contributed by atoms with van der Waals surface area (Å²) in [6.07, 6.45) is -4.96. The summed E-state index contributed by atoms with van der Waals surface area (Å²) in [4.78, 5) is 37.7. The summed E-state index contributed by atoms with van der Waals surface area (Å²) in [5, 5.41) is 20.2. The zero-order valence-electron chi connectivity index (χ0n) is 13.2. The maximum Gasteiger partial charge on any atom is 0.351 e. The number of nitrogens with two attached hydrogens (primary N) is 1. The molecule has 1 aliphatic rings. The van der Waals surface area contributed by atoms with Crippen LogP contribution in [0, 0.1) is 0 Å². The second-order valence-electron chi connectivity index (χ2n) is 5.49. The summed E-state index contributed by atoms with van der Waals surface area (Å²) in [7, 11) is -2.63. The van der Waals surface area contributed by atoms with Crippen molar-refractivity contribution in [3.05, 3.63) is 53.1 Å². The van der Waals surface area contributed by atoms with Crippen molar-refractivity contribution < 1.29 is 29.2 Å². The lowest BCUT2D eigenvalue weighted by atomic mass is 10.1. The van der Waals surface area contributed by atoms with Gasteiger partial charge in [-0.2, -0.15) is 4.98 Å². The smallest absolute Gasteiger partial charge is 0.351 e. The van der Waals surface area contributed by atoms with Crippen molar-refractivity contribution >= 4 is 19.7 Å². The highest BCUT2D eigenvalue weighted by Gasteiger charge is 2.50. The molecule has 10 nitrogen and oxygen atoms in total. The molecule has 1 aromatic heterocycles. The van der Waals surface area contributed by atoms with Crippen LogP contribution in [-0.2, 0) is 9.53 Å². The topological polar surface area (TPSA) is 157 Å². The van der Waals surface area contributed by atoms with Crippen LogP contribution in [0.4, 0.5) is 5.82 Å². The summed E-state index contributed by atoms with van der Waals surface area (Å²) >= 11 is 0. The number of aliphatic hydroxyl groups excluding tert-OH is 2. The molecule has 11 heteroatoms. The summed E-state index contributed by atoms with van der Waals surface area (Å²) in [6, 6.07) is 9.44. The lowest BCUT2D eigenvalue weighted by Crippen LogP contribution is -2.37. The quantitative estimate of drug-likeness (QED) is 0.494. The minimum atomic E-state index is -2.63. The fourth-order valence-electron chi connectivity index (χ4n) is 2.45. The van der Waals surface area contributed by atoms with E-state index in [1.807, 2.05) is 0 Å². The molecule has 3 rings (SSSR count). The van der Waals surface area contributed by atoms with Gasteiger partial charge in [-0.05, 0) is 18.2 Å². The fraction of sp³-hybridized carbons (Fsp3) is 0.267. The predicted molar refractivity (Wildman–Crippen MR) is 90.0 cm³/mol. The molecule has 1 aromatic carbocycles. The van der Waals surface area contributed by atoms with Crippen LogP contribution in [-0.4, -0.2) is 48.5 Å². The number of ether oxygens (including phenoxy) is 1. The Bertz CT molecular complexity index is 847. The van der Waals surface area contributed by atoms with Crippen LogP contribution in [0.3, 0.4) is 0 Å². The van der Waals surface area contributed by atoms with Gasteiger partial charge in [0.2, 0.25) is 0 Å². The number of nitrogen functional groups attached to an aromatic ring is 1. The van der Waals surface area contributed by atoms with Gasteiger partial charge in [0.15, 0.2) is 12.3 Å². The lowest BCUT2D eigenvalue weighted by molar-refractivity contribution is -0.128. The van der Waals surface area contributed by atoms with E-state index in [-0.39, 0.29) is 11.6 Å². The summed E-state index contributed by atoms with van der Waals surface area (Å²) < 4.78 is 11.4. The number of aliphatic hydroxyl groups is 2. The molecule has 0 spiro atoms. The van der Waals surface area contributed by atoms with Crippen LogP contribution in [0.1, 0.15) is 6.23 Å². The van der Waals surface area contributed by atoms with Gasteiger partial charge in [-0.3, -0.25) is 9.36 Å².